The summed E-state index contributed by atoms with van der Waals surface area (Å²) in [6.45, 7) is 1.94. The van der Waals surface area contributed by atoms with Crippen LogP contribution in [0, 0.1) is 0 Å². The molecule has 5 nitrogen and oxygen atoms in total. The lowest BCUT2D eigenvalue weighted by Crippen LogP contribution is -2.20. The van der Waals surface area contributed by atoms with E-state index >= 15 is 0 Å². The first-order chi connectivity index (χ1) is 7.27. The highest BCUT2D eigenvalue weighted by molar-refractivity contribution is 6.36. The fourth-order valence-corrected chi connectivity index (χ4v) is 1.04. The monoisotopic (exact) mass is 208 g/mol. The van der Waals surface area contributed by atoms with Gasteiger partial charge in [0.2, 0.25) is 0 Å². The maximum absolute atomic E-state index is 11.2. The molecule has 0 saturated heterocycles. The van der Waals surface area contributed by atoms with Gasteiger partial charge in [-0.2, -0.15) is 0 Å². The molecule has 0 fully saturated rings. The van der Waals surface area contributed by atoms with E-state index in [9.17, 15) is 4.79 Å². The van der Waals surface area contributed by atoms with E-state index in [1.54, 1.807) is 31.3 Å². The molecule has 80 valence electrons. The zero-order valence-electron chi connectivity index (χ0n) is 8.38. The van der Waals surface area contributed by atoms with Gasteiger partial charge in [0.1, 0.15) is 0 Å². The van der Waals surface area contributed by atoms with Crippen molar-refractivity contribution in [3.63, 3.8) is 0 Å². The lowest BCUT2D eigenvalue weighted by atomic mass is 10.2. The van der Waals surface area contributed by atoms with Crippen molar-refractivity contribution in [3.05, 3.63) is 30.1 Å². The minimum absolute atomic E-state index is 0.0458. The third kappa shape index (κ3) is 3.38. The Kier molecular flexibility index (Phi) is 4.28. The molecule has 1 heterocycles. The van der Waals surface area contributed by atoms with E-state index in [4.69, 9.17) is 9.94 Å². The molecule has 1 aromatic heterocycles. The van der Waals surface area contributed by atoms with Crippen LogP contribution in [0.25, 0.3) is 0 Å². The first-order valence-electron chi connectivity index (χ1n) is 4.56. The summed E-state index contributed by atoms with van der Waals surface area (Å²) in [5.74, 6) is -0.620. The summed E-state index contributed by atoms with van der Waals surface area (Å²) >= 11 is 0. The Labute approximate surface area is 87.4 Å². The van der Waals surface area contributed by atoms with Crippen molar-refractivity contribution in [2.24, 2.45) is 5.16 Å². The van der Waals surface area contributed by atoms with E-state index in [-0.39, 0.29) is 18.7 Å². The molecule has 0 atom stereocenters. The van der Waals surface area contributed by atoms with Crippen molar-refractivity contribution < 1.29 is 14.7 Å². The number of hydrogen-bond acceptors (Lipinski definition) is 5. The summed E-state index contributed by atoms with van der Waals surface area (Å²) in [5, 5.41) is 11.5. The van der Waals surface area contributed by atoms with Crippen molar-refractivity contribution >= 4 is 11.7 Å². The van der Waals surface area contributed by atoms with Crippen LogP contribution in [-0.2, 0) is 16.0 Å². The van der Waals surface area contributed by atoms with Gasteiger partial charge in [0, 0.05) is 18.3 Å². The van der Waals surface area contributed by atoms with E-state index in [1.165, 1.54) is 0 Å². The number of nitrogens with zero attached hydrogens (tertiary/aromatic N) is 2. The molecule has 15 heavy (non-hydrogen) atoms. The average molecular weight is 208 g/mol. The largest absolute Gasteiger partial charge is 0.461 e. The van der Waals surface area contributed by atoms with Crippen LogP contribution in [-0.4, -0.2) is 28.5 Å². The van der Waals surface area contributed by atoms with Crippen molar-refractivity contribution in [1.29, 1.82) is 0 Å². The highest BCUT2D eigenvalue weighted by Gasteiger charge is 2.14. The molecule has 1 aromatic rings. The molecule has 1 N–H and O–H groups in total. The first kappa shape index (κ1) is 11.2. The van der Waals surface area contributed by atoms with Gasteiger partial charge in [-0.05, 0) is 19.1 Å². The number of carbonyl (C=O) groups is 1. The maximum atomic E-state index is 11.2. The molecule has 0 aliphatic carbocycles. The predicted molar refractivity (Wildman–Crippen MR) is 53.8 cm³/mol. The van der Waals surface area contributed by atoms with Crippen LogP contribution in [0.15, 0.2) is 29.6 Å². The molecule has 5 heteroatoms. The summed E-state index contributed by atoms with van der Waals surface area (Å²) < 4.78 is 4.71. The van der Waals surface area contributed by atoms with Crippen LogP contribution in [0.3, 0.4) is 0 Å². The second kappa shape index (κ2) is 5.74. The number of oxime groups is 1. The second-order valence-corrected chi connectivity index (χ2v) is 2.77. The molecule has 0 aliphatic heterocycles. The molecular formula is C10H12N2O3. The number of aromatic nitrogens is 1. The van der Waals surface area contributed by atoms with Gasteiger partial charge in [0.05, 0.1) is 6.61 Å². The van der Waals surface area contributed by atoms with Gasteiger partial charge in [-0.1, -0.05) is 11.2 Å². The van der Waals surface area contributed by atoms with Gasteiger partial charge in [-0.15, -0.1) is 0 Å². The number of hydrogen-bond donors (Lipinski definition) is 1. The molecule has 0 unspecified atom stereocenters. The molecule has 0 radical (unpaired) electrons. The van der Waals surface area contributed by atoms with E-state index in [1.807, 2.05) is 0 Å². The minimum Gasteiger partial charge on any atom is -0.461 e. The highest BCUT2D eigenvalue weighted by atomic mass is 16.5. The standard InChI is InChI=1S/C10H12N2O3/c1-2-15-10(13)9(12-14)7-8-5-3-4-6-11-8/h3-6,14H,2,7H2,1H3. The summed E-state index contributed by atoms with van der Waals surface area (Å²) in [6, 6.07) is 5.30. The fourth-order valence-electron chi connectivity index (χ4n) is 1.04. The molecule has 0 aromatic carbocycles. The molecule has 0 aliphatic rings. The van der Waals surface area contributed by atoms with E-state index in [0.717, 1.165) is 0 Å². The van der Waals surface area contributed by atoms with Gasteiger partial charge in [-0.3, -0.25) is 4.98 Å². The van der Waals surface area contributed by atoms with Crippen molar-refractivity contribution in [3.8, 4) is 0 Å². The number of carbonyl (C=O) groups excluding carboxylic acids is 1. The van der Waals surface area contributed by atoms with Crippen LogP contribution >= 0.6 is 0 Å². The van der Waals surface area contributed by atoms with Gasteiger partial charge in [0.25, 0.3) is 0 Å². The van der Waals surface area contributed by atoms with Gasteiger partial charge >= 0.3 is 5.97 Å². The van der Waals surface area contributed by atoms with Crippen LogP contribution in [0.2, 0.25) is 0 Å². The third-order valence-electron chi connectivity index (χ3n) is 1.71. The second-order valence-electron chi connectivity index (χ2n) is 2.77. The lowest BCUT2D eigenvalue weighted by molar-refractivity contribution is -0.135. The van der Waals surface area contributed by atoms with Crippen LogP contribution in [0.1, 0.15) is 12.6 Å². The fraction of sp³-hybridized carbons (Fsp3) is 0.300. The van der Waals surface area contributed by atoms with Crippen molar-refractivity contribution in [1.82, 2.24) is 4.98 Å². The Hall–Kier alpha value is -1.91. The van der Waals surface area contributed by atoms with E-state index < -0.39 is 5.97 Å². The third-order valence-corrected chi connectivity index (χ3v) is 1.71. The smallest absolute Gasteiger partial charge is 0.356 e. The SMILES string of the molecule is CCOC(=O)C(Cc1ccccn1)=NO. The molecule has 0 amide bonds. The number of esters is 1. The Balaban J connectivity index is 2.67. The molecular weight excluding hydrogens is 196 g/mol. The lowest BCUT2D eigenvalue weighted by Gasteiger charge is -2.03. The predicted octanol–water partition coefficient (Wildman–Crippen LogP) is 1.02. The molecule has 0 spiro atoms. The first-order valence-corrected chi connectivity index (χ1v) is 4.56. The van der Waals surface area contributed by atoms with Crippen LogP contribution < -0.4 is 0 Å². The van der Waals surface area contributed by atoms with Crippen LogP contribution in [0.5, 0.6) is 0 Å². The van der Waals surface area contributed by atoms with Gasteiger partial charge < -0.3 is 9.94 Å². The van der Waals surface area contributed by atoms with E-state index in [0.29, 0.717) is 5.69 Å². The summed E-state index contributed by atoms with van der Waals surface area (Å²) in [6.07, 6.45) is 1.77. The Morgan fingerprint density at radius 1 is 1.60 bits per heavy atom. The number of ether oxygens (including phenoxy) is 1. The van der Waals surface area contributed by atoms with Gasteiger partial charge in [0.15, 0.2) is 5.71 Å². The van der Waals surface area contributed by atoms with Crippen molar-refractivity contribution in [2.75, 3.05) is 6.61 Å². The summed E-state index contributed by atoms with van der Waals surface area (Å²) in [5.41, 5.74) is 0.605. The highest BCUT2D eigenvalue weighted by Crippen LogP contribution is 1.98. The zero-order valence-corrected chi connectivity index (χ0v) is 8.38. The Bertz CT molecular complexity index is 349. The molecule has 0 bridgehead atoms. The quantitative estimate of drug-likeness (QED) is 0.347. The molecule has 0 saturated carbocycles. The maximum Gasteiger partial charge on any atom is 0.356 e. The average Bonchev–Trinajstić information content (AvgIpc) is 2.27. The van der Waals surface area contributed by atoms with Crippen molar-refractivity contribution in [2.45, 2.75) is 13.3 Å². The number of pyridine rings is 1. The van der Waals surface area contributed by atoms with E-state index in [2.05, 4.69) is 10.1 Å². The Morgan fingerprint density at radius 2 is 2.40 bits per heavy atom. The summed E-state index contributed by atoms with van der Waals surface area (Å²) in [7, 11) is 0. The number of rotatable bonds is 4. The van der Waals surface area contributed by atoms with Gasteiger partial charge in [-0.25, -0.2) is 4.79 Å². The zero-order chi connectivity index (χ0) is 11.1. The molecule has 1 rings (SSSR count). The van der Waals surface area contributed by atoms with Crippen LogP contribution in [0.4, 0.5) is 0 Å². The topological polar surface area (TPSA) is 71.8 Å². The summed E-state index contributed by atoms with van der Waals surface area (Å²) in [4.78, 5) is 15.2. The Morgan fingerprint density at radius 3 is 2.93 bits per heavy atom. The normalized spacial score (nSPS) is 11.1. The minimum atomic E-state index is -0.620.